The molecule has 6 nitrogen and oxygen atoms in total. The molecule has 1 atom stereocenters. The third-order valence-electron chi connectivity index (χ3n) is 5.01. The zero-order chi connectivity index (χ0) is 16.9. The van der Waals surface area contributed by atoms with Gasteiger partial charge in [0.05, 0.1) is 6.26 Å². The molecule has 1 N–H and O–H groups in total. The summed E-state index contributed by atoms with van der Waals surface area (Å²) in [5, 5.41) is 2.93. The molecule has 0 aromatic heterocycles. The van der Waals surface area contributed by atoms with Gasteiger partial charge in [0, 0.05) is 13.1 Å². The fourth-order valence-electron chi connectivity index (χ4n) is 3.48. The molecule has 134 valence electrons. The smallest absolute Gasteiger partial charge is 0.238 e. The minimum Gasteiger partial charge on any atom is -0.355 e. The monoisotopic (exact) mass is 345 g/mol. The van der Waals surface area contributed by atoms with E-state index in [9.17, 15) is 13.2 Å². The van der Waals surface area contributed by atoms with Crippen LogP contribution in [0.4, 0.5) is 0 Å². The summed E-state index contributed by atoms with van der Waals surface area (Å²) in [4.78, 5) is 14.8. The minimum absolute atomic E-state index is 0.137. The van der Waals surface area contributed by atoms with E-state index in [1.54, 1.807) is 0 Å². The number of rotatable bonds is 6. The van der Waals surface area contributed by atoms with E-state index in [4.69, 9.17) is 0 Å². The van der Waals surface area contributed by atoms with E-state index in [1.165, 1.54) is 23.4 Å². The van der Waals surface area contributed by atoms with Crippen molar-refractivity contribution < 1.29 is 13.2 Å². The zero-order valence-corrected chi connectivity index (χ0v) is 15.3. The lowest BCUT2D eigenvalue weighted by Gasteiger charge is -2.33. The normalized spacial score (nSPS) is 25.4. The second-order valence-corrected chi connectivity index (χ2v) is 8.99. The molecule has 0 spiro atoms. The summed E-state index contributed by atoms with van der Waals surface area (Å²) in [7, 11) is -3.31. The molecule has 7 heteroatoms. The highest BCUT2D eigenvalue weighted by atomic mass is 32.2. The summed E-state index contributed by atoms with van der Waals surface area (Å²) in [6, 6.07) is -0.519. The van der Waals surface area contributed by atoms with Crippen molar-refractivity contribution >= 4 is 15.9 Å². The summed E-state index contributed by atoms with van der Waals surface area (Å²) < 4.78 is 25.0. The van der Waals surface area contributed by atoms with Gasteiger partial charge in [0.15, 0.2) is 0 Å². The summed E-state index contributed by atoms with van der Waals surface area (Å²) in [6.45, 7) is 6.70. The number of hydrogen-bond acceptors (Lipinski definition) is 4. The molecule has 0 saturated carbocycles. The number of piperidine rings is 2. The van der Waals surface area contributed by atoms with E-state index in [-0.39, 0.29) is 5.91 Å². The number of nitrogens with one attached hydrogen (secondary N) is 1. The van der Waals surface area contributed by atoms with Gasteiger partial charge in [0.25, 0.3) is 0 Å². The molecular weight excluding hydrogens is 314 g/mol. The van der Waals surface area contributed by atoms with Gasteiger partial charge in [0.2, 0.25) is 15.9 Å². The maximum Gasteiger partial charge on any atom is 0.238 e. The number of sulfonamides is 1. The third kappa shape index (κ3) is 5.72. The van der Waals surface area contributed by atoms with Crippen molar-refractivity contribution in [3.63, 3.8) is 0 Å². The maximum atomic E-state index is 12.3. The van der Waals surface area contributed by atoms with Crippen molar-refractivity contribution in [3.05, 3.63) is 0 Å². The molecule has 2 aliphatic heterocycles. The van der Waals surface area contributed by atoms with Crippen LogP contribution in [0, 0.1) is 5.92 Å². The third-order valence-corrected chi connectivity index (χ3v) is 6.30. The van der Waals surface area contributed by atoms with Crippen LogP contribution in [0.3, 0.4) is 0 Å². The second kappa shape index (κ2) is 8.44. The molecule has 0 radical (unpaired) electrons. The molecule has 0 aromatic carbocycles. The lowest BCUT2D eigenvalue weighted by Crippen LogP contribution is -2.51. The van der Waals surface area contributed by atoms with Gasteiger partial charge in [-0.15, -0.1) is 0 Å². The first-order chi connectivity index (χ1) is 10.9. The lowest BCUT2D eigenvalue weighted by molar-refractivity contribution is -0.125. The molecular formula is C16H31N3O3S. The Morgan fingerprint density at radius 2 is 1.83 bits per heavy atom. The Hall–Kier alpha value is -0.660. The van der Waals surface area contributed by atoms with Gasteiger partial charge >= 0.3 is 0 Å². The van der Waals surface area contributed by atoms with Gasteiger partial charge in [-0.1, -0.05) is 13.3 Å². The zero-order valence-electron chi connectivity index (χ0n) is 14.5. The molecule has 2 fully saturated rings. The van der Waals surface area contributed by atoms with Crippen molar-refractivity contribution in [1.29, 1.82) is 0 Å². The van der Waals surface area contributed by atoms with Crippen LogP contribution in [0.5, 0.6) is 0 Å². The SMILES string of the molecule is CC1CCN(CCCNC(=O)[C@@H]2CCCCN2S(C)(=O)=O)CC1. The quantitative estimate of drug-likeness (QED) is 0.730. The fourth-order valence-corrected chi connectivity index (χ4v) is 4.61. The molecule has 2 aliphatic rings. The number of nitrogens with zero attached hydrogens (tertiary/aromatic N) is 2. The van der Waals surface area contributed by atoms with Gasteiger partial charge in [-0.25, -0.2) is 8.42 Å². The molecule has 2 heterocycles. The Bertz CT molecular complexity index is 487. The van der Waals surface area contributed by atoms with Crippen molar-refractivity contribution in [2.45, 2.75) is 51.5 Å². The average Bonchev–Trinajstić information content (AvgIpc) is 2.52. The highest BCUT2D eigenvalue weighted by Gasteiger charge is 2.34. The topological polar surface area (TPSA) is 69.7 Å². The Kier molecular flexibility index (Phi) is 6.85. The van der Waals surface area contributed by atoms with Crippen LogP contribution in [0.1, 0.15) is 45.4 Å². The Morgan fingerprint density at radius 1 is 1.13 bits per heavy atom. The average molecular weight is 346 g/mol. The van der Waals surface area contributed by atoms with Gasteiger partial charge < -0.3 is 10.2 Å². The number of hydrogen-bond donors (Lipinski definition) is 1. The van der Waals surface area contributed by atoms with E-state index >= 15 is 0 Å². The van der Waals surface area contributed by atoms with Gasteiger partial charge in [-0.2, -0.15) is 4.31 Å². The van der Waals surface area contributed by atoms with E-state index < -0.39 is 16.1 Å². The summed E-state index contributed by atoms with van der Waals surface area (Å²) >= 11 is 0. The molecule has 23 heavy (non-hydrogen) atoms. The summed E-state index contributed by atoms with van der Waals surface area (Å²) in [5.74, 6) is 0.696. The summed E-state index contributed by atoms with van der Waals surface area (Å²) in [6.07, 6.45) is 7.01. The molecule has 0 unspecified atom stereocenters. The highest BCUT2D eigenvalue weighted by molar-refractivity contribution is 7.88. The Labute approximate surface area is 140 Å². The molecule has 0 bridgehead atoms. The van der Waals surface area contributed by atoms with E-state index in [2.05, 4.69) is 17.1 Å². The number of carbonyl (C=O) groups is 1. The predicted molar refractivity (Wildman–Crippen MR) is 91.7 cm³/mol. The fraction of sp³-hybridized carbons (Fsp3) is 0.938. The van der Waals surface area contributed by atoms with Crippen molar-refractivity contribution in [3.8, 4) is 0 Å². The first-order valence-electron chi connectivity index (χ1n) is 8.85. The van der Waals surface area contributed by atoms with Gasteiger partial charge in [-0.05, 0) is 57.7 Å². The second-order valence-electron chi connectivity index (χ2n) is 7.05. The van der Waals surface area contributed by atoms with Crippen molar-refractivity contribution in [1.82, 2.24) is 14.5 Å². The first kappa shape index (κ1) is 18.7. The van der Waals surface area contributed by atoms with Crippen LogP contribution in [0.2, 0.25) is 0 Å². The van der Waals surface area contributed by atoms with Crippen LogP contribution in [-0.4, -0.2) is 68.6 Å². The Balaban J connectivity index is 1.71. The lowest BCUT2D eigenvalue weighted by atomic mass is 9.99. The molecule has 2 rings (SSSR count). The van der Waals surface area contributed by atoms with Crippen LogP contribution in [0.25, 0.3) is 0 Å². The van der Waals surface area contributed by atoms with Crippen molar-refractivity contribution in [2.75, 3.05) is 39.0 Å². The first-order valence-corrected chi connectivity index (χ1v) is 10.7. The predicted octanol–water partition coefficient (Wildman–Crippen LogP) is 1.04. The van der Waals surface area contributed by atoms with Crippen LogP contribution < -0.4 is 5.32 Å². The van der Waals surface area contributed by atoms with E-state index in [0.717, 1.165) is 44.8 Å². The van der Waals surface area contributed by atoms with E-state index in [1.807, 2.05) is 0 Å². The molecule has 1 amide bonds. The van der Waals surface area contributed by atoms with Gasteiger partial charge in [-0.3, -0.25) is 4.79 Å². The number of amides is 1. The Morgan fingerprint density at radius 3 is 2.48 bits per heavy atom. The minimum atomic E-state index is -3.31. The molecule has 2 saturated heterocycles. The summed E-state index contributed by atoms with van der Waals surface area (Å²) in [5.41, 5.74) is 0. The molecule has 0 aromatic rings. The number of likely N-dealkylation sites (tertiary alicyclic amines) is 1. The standard InChI is InChI=1S/C16H31N3O3S/c1-14-7-12-18(13-8-14)10-5-9-17-16(20)15-6-3-4-11-19(15)23(2,21)22/h14-15H,3-13H2,1-2H3,(H,17,20)/t15-/m0/s1. The van der Waals surface area contributed by atoms with Gasteiger partial charge in [0.1, 0.15) is 6.04 Å². The maximum absolute atomic E-state index is 12.3. The van der Waals surface area contributed by atoms with Crippen LogP contribution in [-0.2, 0) is 14.8 Å². The highest BCUT2D eigenvalue weighted by Crippen LogP contribution is 2.20. The van der Waals surface area contributed by atoms with Crippen LogP contribution >= 0.6 is 0 Å². The number of carbonyl (C=O) groups excluding carboxylic acids is 1. The molecule has 0 aliphatic carbocycles. The largest absolute Gasteiger partial charge is 0.355 e. The van der Waals surface area contributed by atoms with Crippen molar-refractivity contribution in [2.24, 2.45) is 5.92 Å². The van der Waals surface area contributed by atoms with Crippen LogP contribution in [0.15, 0.2) is 0 Å². The van der Waals surface area contributed by atoms with E-state index in [0.29, 0.717) is 19.5 Å².